The van der Waals surface area contributed by atoms with Crippen LogP contribution in [0.4, 0.5) is 24.5 Å². The standard InChI is InChI=1S/C43H46F3N9O7/c1-62-33-23-29-26(22-30(33)50-38(58)28-5-3-7-34(49-28)43(44,45)46)24-54(52-29)21-18-47-16-17-48-37(57)25-10-12-42(13-11-25)14-19-53(20-15-42)31-6-2-4-27-36(31)41(61)55(40(27)60)32-8-9-35(56)51-39(32)59/h2-7,22-25,32,47H,8-21H2,1H3,(H,48,57)(H,50,58)(H,51,56,59). The van der Waals surface area contributed by atoms with Gasteiger partial charge in [-0.05, 0) is 80.7 Å². The van der Waals surface area contributed by atoms with Crippen LogP contribution in [0.3, 0.4) is 0 Å². The lowest BCUT2D eigenvalue weighted by atomic mass is 9.65. The molecule has 2 saturated heterocycles. The van der Waals surface area contributed by atoms with E-state index in [1.54, 1.807) is 35.1 Å². The number of nitrogens with zero attached hydrogens (tertiary/aromatic N) is 5. The van der Waals surface area contributed by atoms with E-state index in [4.69, 9.17) is 4.74 Å². The van der Waals surface area contributed by atoms with Crippen LogP contribution in [0.2, 0.25) is 0 Å². The van der Waals surface area contributed by atoms with Crippen LogP contribution >= 0.6 is 0 Å². The molecule has 0 bridgehead atoms. The molecule has 1 aliphatic carbocycles. The summed E-state index contributed by atoms with van der Waals surface area (Å²) < 4.78 is 46.5. The average Bonchev–Trinajstić information content (AvgIpc) is 3.77. The summed E-state index contributed by atoms with van der Waals surface area (Å²) >= 11 is 0. The molecule has 16 nitrogen and oxygen atoms in total. The van der Waals surface area contributed by atoms with E-state index >= 15 is 0 Å². The van der Waals surface area contributed by atoms with Crippen LogP contribution < -0.4 is 30.9 Å². The number of carbonyl (C=O) groups excluding carboxylic acids is 6. The fourth-order valence-electron chi connectivity index (χ4n) is 9.10. The second-order valence-corrected chi connectivity index (χ2v) is 16.3. The Morgan fingerprint density at radius 2 is 1.69 bits per heavy atom. The predicted molar refractivity (Wildman–Crippen MR) is 218 cm³/mol. The first kappa shape index (κ1) is 42.3. The minimum absolute atomic E-state index is 0.0432. The van der Waals surface area contributed by atoms with Gasteiger partial charge >= 0.3 is 6.18 Å². The lowest BCUT2D eigenvalue weighted by Gasteiger charge is -2.46. The van der Waals surface area contributed by atoms with Gasteiger partial charge in [-0.3, -0.25) is 43.7 Å². The van der Waals surface area contributed by atoms with Gasteiger partial charge in [0, 0.05) is 62.7 Å². The lowest BCUT2D eigenvalue weighted by Crippen LogP contribution is -2.54. The number of halogens is 3. The highest BCUT2D eigenvalue weighted by Crippen LogP contribution is 2.48. The first-order valence-electron chi connectivity index (χ1n) is 20.7. The summed E-state index contributed by atoms with van der Waals surface area (Å²) in [5.74, 6) is -2.64. The van der Waals surface area contributed by atoms with Gasteiger partial charge in [0.1, 0.15) is 23.2 Å². The summed E-state index contributed by atoms with van der Waals surface area (Å²) in [6, 6.07) is 10.6. The van der Waals surface area contributed by atoms with Gasteiger partial charge < -0.3 is 25.6 Å². The number of amides is 6. The Balaban J connectivity index is 0.763. The summed E-state index contributed by atoms with van der Waals surface area (Å²) in [4.78, 5) is 83.8. The molecular weight excluding hydrogens is 812 g/mol. The number of nitrogens with one attached hydrogen (secondary N) is 4. The van der Waals surface area contributed by atoms with Crippen molar-refractivity contribution in [3.05, 3.63) is 77.2 Å². The van der Waals surface area contributed by atoms with Crippen LogP contribution in [0.5, 0.6) is 5.75 Å². The van der Waals surface area contributed by atoms with E-state index in [1.165, 1.54) is 13.2 Å². The number of rotatable bonds is 12. The molecule has 1 atom stereocenters. The van der Waals surface area contributed by atoms with Crippen molar-refractivity contribution in [3.63, 3.8) is 0 Å². The average molecular weight is 858 g/mol. The highest BCUT2D eigenvalue weighted by Gasteiger charge is 2.47. The topological polar surface area (TPSA) is 197 Å². The quantitative estimate of drug-likeness (QED) is 0.117. The minimum Gasteiger partial charge on any atom is -0.494 e. The third-order valence-electron chi connectivity index (χ3n) is 12.5. The zero-order valence-corrected chi connectivity index (χ0v) is 34.0. The molecule has 2 aromatic carbocycles. The van der Waals surface area contributed by atoms with Crippen molar-refractivity contribution in [2.75, 3.05) is 50.1 Å². The van der Waals surface area contributed by atoms with Crippen LogP contribution in [-0.4, -0.2) is 101 Å². The number of piperidine rings is 2. The molecule has 6 amide bonds. The van der Waals surface area contributed by atoms with Crippen LogP contribution in [0, 0.1) is 11.3 Å². The lowest BCUT2D eigenvalue weighted by molar-refractivity contribution is -0.141. The number of carbonyl (C=O) groups is 6. The summed E-state index contributed by atoms with van der Waals surface area (Å²) in [7, 11) is 1.41. The number of aromatic nitrogens is 3. The molecule has 1 spiro atoms. The number of hydrogen-bond donors (Lipinski definition) is 4. The van der Waals surface area contributed by atoms with E-state index in [2.05, 4.69) is 36.2 Å². The fourth-order valence-corrected chi connectivity index (χ4v) is 9.10. The molecule has 2 aromatic heterocycles. The van der Waals surface area contributed by atoms with Crippen molar-refractivity contribution in [3.8, 4) is 5.75 Å². The van der Waals surface area contributed by atoms with E-state index in [-0.39, 0.29) is 47.1 Å². The van der Waals surface area contributed by atoms with Gasteiger partial charge in [0.05, 0.1) is 41.7 Å². The third-order valence-corrected chi connectivity index (χ3v) is 12.5. The highest BCUT2D eigenvalue weighted by atomic mass is 19.4. The van der Waals surface area contributed by atoms with Crippen LogP contribution in [0.1, 0.15) is 88.3 Å². The van der Waals surface area contributed by atoms with E-state index in [0.29, 0.717) is 61.4 Å². The van der Waals surface area contributed by atoms with Crippen molar-refractivity contribution in [1.82, 2.24) is 35.6 Å². The largest absolute Gasteiger partial charge is 0.494 e. The van der Waals surface area contributed by atoms with Crippen molar-refractivity contribution < 1.29 is 46.7 Å². The van der Waals surface area contributed by atoms with Gasteiger partial charge in [-0.15, -0.1) is 0 Å². The van der Waals surface area contributed by atoms with Crippen LogP contribution in [0.15, 0.2) is 54.7 Å². The van der Waals surface area contributed by atoms with Crippen LogP contribution in [-0.2, 0) is 27.1 Å². The minimum atomic E-state index is -4.69. The smallest absolute Gasteiger partial charge is 0.433 e. The molecule has 19 heteroatoms. The number of benzene rings is 2. The second kappa shape index (κ2) is 17.2. The molecule has 0 radical (unpaired) electrons. The number of alkyl halides is 3. The first-order valence-corrected chi connectivity index (χ1v) is 20.7. The van der Waals surface area contributed by atoms with E-state index in [9.17, 15) is 41.9 Å². The number of imide groups is 2. The Morgan fingerprint density at radius 1 is 0.935 bits per heavy atom. The summed E-state index contributed by atoms with van der Waals surface area (Å²) in [5, 5.41) is 16.5. The molecule has 3 fully saturated rings. The fraction of sp³-hybridized carbons (Fsp3) is 0.442. The molecule has 4 N–H and O–H groups in total. The number of methoxy groups -OCH3 is 1. The Hall–Kier alpha value is -6.37. The van der Waals surface area contributed by atoms with Crippen molar-refractivity contribution >= 4 is 57.7 Å². The molecule has 8 rings (SSSR count). The van der Waals surface area contributed by atoms with Gasteiger partial charge in [0.25, 0.3) is 17.7 Å². The predicted octanol–water partition coefficient (Wildman–Crippen LogP) is 4.30. The summed E-state index contributed by atoms with van der Waals surface area (Å²) in [6.45, 7) is 3.47. The maximum absolute atomic E-state index is 13.7. The Morgan fingerprint density at radius 3 is 2.42 bits per heavy atom. The van der Waals surface area contributed by atoms with Gasteiger partial charge in [-0.25, -0.2) is 4.98 Å². The van der Waals surface area contributed by atoms with E-state index < -0.39 is 53.1 Å². The van der Waals surface area contributed by atoms with Crippen LogP contribution in [0.25, 0.3) is 10.9 Å². The van der Waals surface area contributed by atoms with Crippen molar-refractivity contribution in [2.45, 2.75) is 70.1 Å². The number of anilines is 2. The highest BCUT2D eigenvalue weighted by molar-refractivity contribution is 6.25. The monoisotopic (exact) mass is 857 g/mol. The molecule has 4 aliphatic rings. The number of pyridine rings is 1. The maximum Gasteiger partial charge on any atom is 0.433 e. The Bertz CT molecular complexity index is 2440. The van der Waals surface area contributed by atoms with Crippen molar-refractivity contribution in [2.24, 2.45) is 11.3 Å². The first-order chi connectivity index (χ1) is 29.7. The summed E-state index contributed by atoms with van der Waals surface area (Å²) in [5.41, 5.74) is 0.658. The van der Waals surface area contributed by atoms with Gasteiger partial charge in [-0.1, -0.05) is 12.1 Å². The van der Waals surface area contributed by atoms with E-state index in [1.807, 2.05) is 6.07 Å². The number of hydrogen-bond acceptors (Lipinski definition) is 11. The van der Waals surface area contributed by atoms with Gasteiger partial charge in [-0.2, -0.15) is 18.3 Å². The zero-order chi connectivity index (χ0) is 43.8. The molecule has 62 heavy (non-hydrogen) atoms. The molecule has 3 aliphatic heterocycles. The molecule has 1 saturated carbocycles. The third kappa shape index (κ3) is 8.57. The Kier molecular flexibility index (Phi) is 11.7. The maximum atomic E-state index is 13.7. The van der Waals surface area contributed by atoms with E-state index in [0.717, 1.165) is 55.6 Å². The van der Waals surface area contributed by atoms with Gasteiger partial charge in [0.2, 0.25) is 17.7 Å². The molecular formula is C43H46F3N9O7. The molecule has 1 unspecified atom stereocenters. The molecule has 4 aromatic rings. The number of fused-ring (bicyclic) bond motifs is 2. The number of ether oxygens (including phenoxy) is 1. The SMILES string of the molecule is COc1cc2nn(CCNCCNC(=O)C3CCC4(CC3)CCN(c3cccc5c3C(=O)N(C3CCC(=O)NC3=O)C5=O)CC4)cc2cc1NC(=O)c1cccc(C(F)(F)F)n1. The molecule has 5 heterocycles. The van der Waals surface area contributed by atoms with Crippen molar-refractivity contribution in [1.29, 1.82) is 0 Å². The molecule has 326 valence electrons. The van der Waals surface area contributed by atoms with Gasteiger partial charge in [0.15, 0.2) is 0 Å². The summed E-state index contributed by atoms with van der Waals surface area (Å²) in [6.07, 6.45) is 2.48. The normalized spacial score (nSPS) is 19.2. The Labute approximate surface area is 353 Å². The zero-order valence-electron chi connectivity index (χ0n) is 34.0. The second-order valence-electron chi connectivity index (χ2n) is 16.3.